The van der Waals surface area contributed by atoms with E-state index in [0.717, 1.165) is 33.3 Å². The number of nitrogens with two attached hydrogens (primary N) is 1. The normalized spacial score (nSPS) is 10.5. The van der Waals surface area contributed by atoms with Crippen molar-refractivity contribution in [3.63, 3.8) is 0 Å². The van der Waals surface area contributed by atoms with E-state index in [2.05, 4.69) is 26.2 Å². The van der Waals surface area contributed by atoms with Gasteiger partial charge < -0.3 is 11.1 Å². The molecule has 1 aromatic heterocycles. The van der Waals surface area contributed by atoms with Gasteiger partial charge in [-0.2, -0.15) is 0 Å². The number of benzene rings is 1. The molecule has 2 aromatic rings. The number of aromatic nitrogens is 1. The average molecular weight is 266 g/mol. The molecule has 4 heteroatoms. The van der Waals surface area contributed by atoms with Gasteiger partial charge in [-0.05, 0) is 28.9 Å². The first-order valence-electron chi connectivity index (χ1n) is 4.80. The fourth-order valence-corrected chi connectivity index (χ4v) is 2.02. The molecule has 0 spiro atoms. The van der Waals surface area contributed by atoms with Crippen molar-refractivity contribution < 1.29 is 0 Å². The zero-order chi connectivity index (χ0) is 10.8. The Morgan fingerprint density at radius 3 is 3.00 bits per heavy atom. The first-order valence-corrected chi connectivity index (χ1v) is 5.60. The third-order valence-electron chi connectivity index (χ3n) is 2.24. The third-order valence-corrected chi connectivity index (χ3v) is 2.87. The number of nitrogens with zero attached hydrogens (tertiary/aromatic N) is 1. The summed E-state index contributed by atoms with van der Waals surface area (Å²) in [5.74, 6) is 0.841. The van der Waals surface area contributed by atoms with E-state index in [4.69, 9.17) is 5.73 Å². The molecule has 0 aliphatic carbocycles. The number of fused-ring (bicyclic) bond motifs is 1. The summed E-state index contributed by atoms with van der Waals surface area (Å²) in [6.07, 6.45) is 1.79. The smallest absolute Gasteiger partial charge is 0.135 e. The maximum absolute atomic E-state index is 5.96. The standard InChI is InChI=1S/C11H12BrN3/c1-2-14-11-10-7(8(12)6-15-11)4-3-5-9(10)13/h3-6H,2,13H2,1H3,(H,14,15). The van der Waals surface area contributed by atoms with Gasteiger partial charge >= 0.3 is 0 Å². The summed E-state index contributed by atoms with van der Waals surface area (Å²) >= 11 is 3.47. The molecule has 0 bridgehead atoms. The van der Waals surface area contributed by atoms with Crippen LogP contribution in [0.3, 0.4) is 0 Å². The van der Waals surface area contributed by atoms with Crippen LogP contribution in [0.15, 0.2) is 28.9 Å². The predicted molar refractivity (Wildman–Crippen MR) is 68.0 cm³/mol. The number of halogens is 1. The minimum Gasteiger partial charge on any atom is -0.398 e. The SMILES string of the molecule is CCNc1ncc(Br)c2cccc(N)c12. The summed E-state index contributed by atoms with van der Waals surface area (Å²) in [6.45, 7) is 2.87. The molecular weight excluding hydrogens is 254 g/mol. The molecule has 0 amide bonds. The van der Waals surface area contributed by atoms with E-state index < -0.39 is 0 Å². The van der Waals surface area contributed by atoms with E-state index >= 15 is 0 Å². The number of hydrogen-bond acceptors (Lipinski definition) is 3. The molecule has 0 fully saturated rings. The minimum atomic E-state index is 0.747. The molecule has 0 saturated heterocycles. The number of hydrogen-bond donors (Lipinski definition) is 2. The zero-order valence-electron chi connectivity index (χ0n) is 8.42. The lowest BCUT2D eigenvalue weighted by Crippen LogP contribution is -2.01. The van der Waals surface area contributed by atoms with Crippen molar-refractivity contribution >= 4 is 38.2 Å². The summed E-state index contributed by atoms with van der Waals surface area (Å²) in [4.78, 5) is 4.32. The largest absolute Gasteiger partial charge is 0.398 e. The van der Waals surface area contributed by atoms with Gasteiger partial charge in [0.05, 0.1) is 0 Å². The molecule has 0 aliphatic heterocycles. The lowest BCUT2D eigenvalue weighted by atomic mass is 10.1. The fourth-order valence-electron chi connectivity index (χ4n) is 1.59. The van der Waals surface area contributed by atoms with Gasteiger partial charge in [0.1, 0.15) is 5.82 Å². The highest BCUT2D eigenvalue weighted by molar-refractivity contribution is 9.10. The Labute approximate surface area is 96.8 Å². The number of pyridine rings is 1. The second kappa shape index (κ2) is 4.06. The lowest BCUT2D eigenvalue weighted by molar-refractivity contribution is 1.17. The van der Waals surface area contributed by atoms with Crippen LogP contribution in [0, 0.1) is 0 Å². The molecule has 3 N–H and O–H groups in total. The van der Waals surface area contributed by atoms with E-state index in [1.165, 1.54) is 0 Å². The number of nitrogen functional groups attached to an aromatic ring is 1. The fraction of sp³-hybridized carbons (Fsp3) is 0.182. The molecule has 0 aliphatic rings. The Hall–Kier alpha value is -1.29. The second-order valence-corrected chi connectivity index (χ2v) is 4.11. The van der Waals surface area contributed by atoms with Crippen molar-refractivity contribution in [3.8, 4) is 0 Å². The van der Waals surface area contributed by atoms with Gasteiger partial charge in [-0.15, -0.1) is 0 Å². The Kier molecular flexibility index (Phi) is 2.77. The minimum absolute atomic E-state index is 0.747. The van der Waals surface area contributed by atoms with Crippen molar-refractivity contribution in [1.29, 1.82) is 0 Å². The zero-order valence-corrected chi connectivity index (χ0v) is 10.0. The van der Waals surface area contributed by atoms with Gasteiger partial charge in [-0.25, -0.2) is 4.98 Å². The van der Waals surface area contributed by atoms with Crippen LogP contribution in [0.5, 0.6) is 0 Å². The lowest BCUT2D eigenvalue weighted by Gasteiger charge is -2.10. The van der Waals surface area contributed by atoms with Gasteiger partial charge in [0.25, 0.3) is 0 Å². The number of rotatable bonds is 2. The second-order valence-electron chi connectivity index (χ2n) is 3.25. The highest BCUT2D eigenvalue weighted by atomic mass is 79.9. The van der Waals surface area contributed by atoms with Gasteiger partial charge in [-0.3, -0.25) is 0 Å². The van der Waals surface area contributed by atoms with Crippen LogP contribution in [0.25, 0.3) is 10.8 Å². The topological polar surface area (TPSA) is 50.9 Å². The number of anilines is 2. The Morgan fingerprint density at radius 1 is 1.47 bits per heavy atom. The summed E-state index contributed by atoms with van der Waals surface area (Å²) < 4.78 is 0.964. The molecular formula is C11H12BrN3. The summed E-state index contributed by atoms with van der Waals surface area (Å²) in [7, 11) is 0. The first-order chi connectivity index (χ1) is 7.24. The van der Waals surface area contributed by atoms with Crippen molar-refractivity contribution in [1.82, 2.24) is 4.98 Å². The van der Waals surface area contributed by atoms with Crippen molar-refractivity contribution in [2.45, 2.75) is 6.92 Å². The summed E-state index contributed by atoms with van der Waals surface area (Å²) in [6, 6.07) is 5.85. The maximum Gasteiger partial charge on any atom is 0.135 e. The van der Waals surface area contributed by atoms with E-state index in [1.807, 2.05) is 25.1 Å². The van der Waals surface area contributed by atoms with Gasteiger partial charge in [0.15, 0.2) is 0 Å². The molecule has 3 nitrogen and oxygen atoms in total. The van der Waals surface area contributed by atoms with E-state index in [1.54, 1.807) is 6.20 Å². The van der Waals surface area contributed by atoms with Crippen LogP contribution in [0.2, 0.25) is 0 Å². The van der Waals surface area contributed by atoms with Crippen LogP contribution in [-0.4, -0.2) is 11.5 Å². The van der Waals surface area contributed by atoms with Gasteiger partial charge in [0, 0.05) is 33.7 Å². The molecule has 1 aromatic carbocycles. The quantitative estimate of drug-likeness (QED) is 0.821. The third kappa shape index (κ3) is 1.77. The van der Waals surface area contributed by atoms with E-state index in [-0.39, 0.29) is 0 Å². The first kappa shape index (κ1) is 10.2. The molecule has 1 heterocycles. The van der Waals surface area contributed by atoms with Crippen molar-refractivity contribution in [2.75, 3.05) is 17.6 Å². The number of nitrogens with one attached hydrogen (secondary N) is 1. The molecule has 2 rings (SSSR count). The molecule has 0 radical (unpaired) electrons. The summed E-state index contributed by atoms with van der Waals surface area (Å²) in [5, 5.41) is 5.27. The Morgan fingerprint density at radius 2 is 2.27 bits per heavy atom. The van der Waals surface area contributed by atoms with Gasteiger partial charge in [-0.1, -0.05) is 12.1 Å². The highest BCUT2D eigenvalue weighted by Crippen LogP contribution is 2.31. The predicted octanol–water partition coefficient (Wildman–Crippen LogP) is 3.01. The molecule has 0 unspecified atom stereocenters. The summed E-state index contributed by atoms with van der Waals surface area (Å²) in [5.41, 5.74) is 6.70. The van der Waals surface area contributed by atoms with E-state index in [0.29, 0.717) is 0 Å². The average Bonchev–Trinajstić information content (AvgIpc) is 2.23. The Balaban J connectivity index is 2.78. The van der Waals surface area contributed by atoms with Crippen LogP contribution < -0.4 is 11.1 Å². The molecule has 0 saturated carbocycles. The van der Waals surface area contributed by atoms with Crippen LogP contribution in [0.1, 0.15) is 6.92 Å². The monoisotopic (exact) mass is 265 g/mol. The Bertz CT molecular complexity index is 496. The van der Waals surface area contributed by atoms with Gasteiger partial charge in [0.2, 0.25) is 0 Å². The maximum atomic E-state index is 5.96. The van der Waals surface area contributed by atoms with Crippen molar-refractivity contribution in [2.24, 2.45) is 0 Å². The van der Waals surface area contributed by atoms with Crippen LogP contribution in [0.4, 0.5) is 11.5 Å². The van der Waals surface area contributed by atoms with Crippen LogP contribution in [-0.2, 0) is 0 Å². The molecule has 15 heavy (non-hydrogen) atoms. The molecule has 0 atom stereocenters. The molecule has 78 valence electrons. The van der Waals surface area contributed by atoms with Crippen molar-refractivity contribution in [3.05, 3.63) is 28.9 Å². The van der Waals surface area contributed by atoms with Crippen LogP contribution >= 0.6 is 15.9 Å². The van der Waals surface area contributed by atoms with E-state index in [9.17, 15) is 0 Å². The highest BCUT2D eigenvalue weighted by Gasteiger charge is 2.07.